The van der Waals surface area contributed by atoms with Crippen molar-refractivity contribution in [2.24, 2.45) is 0 Å². The second kappa shape index (κ2) is 7.34. The number of carbonyl (C=O) groups is 1. The van der Waals surface area contributed by atoms with E-state index in [-0.39, 0.29) is 17.5 Å². The van der Waals surface area contributed by atoms with E-state index in [0.717, 1.165) is 32.8 Å². The molecule has 6 nitrogen and oxygen atoms in total. The van der Waals surface area contributed by atoms with Crippen molar-refractivity contribution in [3.8, 4) is 11.3 Å². The maximum Gasteiger partial charge on any atom is 0.289 e. The first-order chi connectivity index (χ1) is 11.2. The van der Waals surface area contributed by atoms with Crippen LogP contribution >= 0.6 is 0 Å². The summed E-state index contributed by atoms with van der Waals surface area (Å²) in [7, 11) is 0. The van der Waals surface area contributed by atoms with Gasteiger partial charge in [0, 0.05) is 37.8 Å². The first-order valence-corrected chi connectivity index (χ1v) is 7.53. The van der Waals surface area contributed by atoms with Crippen molar-refractivity contribution < 1.29 is 18.4 Å². The van der Waals surface area contributed by atoms with E-state index in [9.17, 15) is 9.18 Å². The minimum atomic E-state index is -0.359. The predicted molar refractivity (Wildman–Crippen MR) is 81.5 cm³/mol. The number of hydrogen-bond acceptors (Lipinski definition) is 5. The lowest BCUT2D eigenvalue weighted by molar-refractivity contribution is 0.0382. The molecular formula is C16H18FN3O3. The first-order valence-electron chi connectivity index (χ1n) is 7.53. The van der Waals surface area contributed by atoms with Crippen LogP contribution < -0.4 is 5.32 Å². The third-order valence-electron chi connectivity index (χ3n) is 3.67. The summed E-state index contributed by atoms with van der Waals surface area (Å²) in [6.45, 7) is 4.50. The van der Waals surface area contributed by atoms with Crippen LogP contribution in [0.1, 0.15) is 10.6 Å². The number of ether oxygens (including phenoxy) is 1. The third-order valence-corrected chi connectivity index (χ3v) is 3.67. The largest absolute Gasteiger partial charge is 0.379 e. The molecule has 1 aliphatic heterocycles. The standard InChI is InChI=1S/C16H18FN3O3/c17-13-3-1-2-12(10-13)14-11-15(23-19-14)16(21)18-4-5-20-6-8-22-9-7-20/h1-3,10-11H,4-9H2,(H,18,21). The van der Waals surface area contributed by atoms with Gasteiger partial charge in [-0.05, 0) is 12.1 Å². The normalized spacial score (nSPS) is 15.5. The van der Waals surface area contributed by atoms with Gasteiger partial charge in [-0.15, -0.1) is 0 Å². The molecule has 2 aromatic rings. The fraction of sp³-hybridized carbons (Fsp3) is 0.375. The van der Waals surface area contributed by atoms with Crippen LogP contribution in [-0.2, 0) is 4.74 Å². The number of nitrogens with zero attached hydrogens (tertiary/aromatic N) is 2. The van der Waals surface area contributed by atoms with E-state index >= 15 is 0 Å². The Balaban J connectivity index is 1.54. The van der Waals surface area contributed by atoms with Gasteiger partial charge < -0.3 is 14.6 Å². The molecule has 1 N–H and O–H groups in total. The van der Waals surface area contributed by atoms with Gasteiger partial charge in [0.1, 0.15) is 11.5 Å². The van der Waals surface area contributed by atoms with Gasteiger partial charge in [-0.2, -0.15) is 0 Å². The molecule has 0 saturated carbocycles. The van der Waals surface area contributed by atoms with Gasteiger partial charge in [0.05, 0.1) is 13.2 Å². The topological polar surface area (TPSA) is 67.6 Å². The Labute approximate surface area is 133 Å². The predicted octanol–water partition coefficient (Wildman–Crippen LogP) is 1.54. The molecule has 0 atom stereocenters. The summed E-state index contributed by atoms with van der Waals surface area (Å²) in [6.07, 6.45) is 0. The lowest BCUT2D eigenvalue weighted by Crippen LogP contribution is -2.41. The minimum absolute atomic E-state index is 0.117. The summed E-state index contributed by atoms with van der Waals surface area (Å²) < 4.78 is 23.5. The van der Waals surface area contributed by atoms with Crippen molar-refractivity contribution in [3.05, 3.63) is 41.9 Å². The molecule has 122 valence electrons. The Hall–Kier alpha value is -2.25. The molecular weight excluding hydrogens is 301 g/mol. The summed E-state index contributed by atoms with van der Waals surface area (Å²) in [4.78, 5) is 14.3. The van der Waals surface area contributed by atoms with Crippen molar-refractivity contribution in [2.45, 2.75) is 0 Å². The molecule has 1 saturated heterocycles. The molecule has 0 unspecified atom stereocenters. The molecule has 1 amide bonds. The van der Waals surface area contributed by atoms with Gasteiger partial charge in [-0.3, -0.25) is 9.69 Å². The zero-order valence-electron chi connectivity index (χ0n) is 12.6. The van der Waals surface area contributed by atoms with Gasteiger partial charge in [0.25, 0.3) is 5.91 Å². The van der Waals surface area contributed by atoms with Gasteiger partial charge in [-0.25, -0.2) is 4.39 Å². The lowest BCUT2D eigenvalue weighted by atomic mass is 10.1. The fourth-order valence-corrected chi connectivity index (χ4v) is 2.41. The van der Waals surface area contributed by atoms with Gasteiger partial charge in [0.2, 0.25) is 5.76 Å². The molecule has 0 spiro atoms. The Morgan fingerprint density at radius 2 is 2.13 bits per heavy atom. The van der Waals surface area contributed by atoms with Crippen LogP contribution in [0, 0.1) is 5.82 Å². The molecule has 0 radical (unpaired) electrons. The smallest absolute Gasteiger partial charge is 0.289 e. The summed E-state index contributed by atoms with van der Waals surface area (Å²) in [5, 5.41) is 6.61. The maximum atomic E-state index is 13.2. The molecule has 1 aromatic heterocycles. The number of nitrogens with one attached hydrogen (secondary N) is 1. The minimum Gasteiger partial charge on any atom is -0.379 e. The van der Waals surface area contributed by atoms with Gasteiger partial charge >= 0.3 is 0 Å². The number of carbonyl (C=O) groups excluding carboxylic acids is 1. The number of rotatable bonds is 5. The van der Waals surface area contributed by atoms with Crippen LogP contribution in [-0.4, -0.2) is 55.4 Å². The summed E-state index contributed by atoms with van der Waals surface area (Å²) in [6, 6.07) is 7.50. The molecule has 1 aliphatic rings. The average molecular weight is 319 g/mol. The van der Waals surface area contributed by atoms with Gasteiger partial charge in [0.15, 0.2) is 0 Å². The molecule has 23 heavy (non-hydrogen) atoms. The van der Waals surface area contributed by atoms with E-state index in [4.69, 9.17) is 9.26 Å². The number of hydrogen-bond donors (Lipinski definition) is 1. The summed E-state index contributed by atoms with van der Waals surface area (Å²) in [5.41, 5.74) is 1.00. The van der Waals surface area contributed by atoms with Crippen molar-refractivity contribution in [1.29, 1.82) is 0 Å². The second-order valence-corrected chi connectivity index (χ2v) is 5.30. The van der Waals surface area contributed by atoms with E-state index in [1.54, 1.807) is 12.1 Å². The number of morpholine rings is 1. The lowest BCUT2D eigenvalue weighted by Gasteiger charge is -2.26. The number of halogens is 1. The second-order valence-electron chi connectivity index (χ2n) is 5.30. The molecule has 7 heteroatoms. The van der Waals surface area contributed by atoms with Crippen molar-refractivity contribution in [1.82, 2.24) is 15.4 Å². The van der Waals surface area contributed by atoms with Crippen molar-refractivity contribution in [3.63, 3.8) is 0 Å². The third kappa shape index (κ3) is 4.14. The number of aromatic nitrogens is 1. The number of amides is 1. The average Bonchev–Trinajstić information content (AvgIpc) is 3.06. The highest BCUT2D eigenvalue weighted by Crippen LogP contribution is 2.19. The van der Waals surface area contributed by atoms with E-state index in [1.807, 2.05) is 0 Å². The molecule has 0 bridgehead atoms. The van der Waals surface area contributed by atoms with Crippen LogP contribution in [0.5, 0.6) is 0 Å². The molecule has 2 heterocycles. The van der Waals surface area contributed by atoms with E-state index in [2.05, 4.69) is 15.4 Å². The van der Waals surface area contributed by atoms with Crippen molar-refractivity contribution in [2.75, 3.05) is 39.4 Å². The number of benzene rings is 1. The highest BCUT2D eigenvalue weighted by Gasteiger charge is 2.15. The zero-order valence-corrected chi connectivity index (χ0v) is 12.6. The quantitative estimate of drug-likeness (QED) is 0.905. The Morgan fingerprint density at radius 3 is 2.91 bits per heavy atom. The van der Waals surface area contributed by atoms with Gasteiger partial charge in [-0.1, -0.05) is 17.3 Å². The molecule has 0 aliphatic carbocycles. The maximum absolute atomic E-state index is 13.2. The first kappa shape index (κ1) is 15.6. The highest BCUT2D eigenvalue weighted by molar-refractivity contribution is 5.92. The molecule has 1 fully saturated rings. The Kier molecular flexibility index (Phi) is 4.99. The molecule has 1 aromatic carbocycles. The zero-order chi connectivity index (χ0) is 16.1. The van der Waals surface area contributed by atoms with Crippen LogP contribution in [0.3, 0.4) is 0 Å². The highest BCUT2D eigenvalue weighted by atomic mass is 19.1. The van der Waals surface area contributed by atoms with E-state index in [1.165, 1.54) is 18.2 Å². The Bertz CT molecular complexity index is 668. The summed E-state index contributed by atoms with van der Waals surface area (Å²) in [5.74, 6) is -0.568. The van der Waals surface area contributed by atoms with Crippen molar-refractivity contribution >= 4 is 5.91 Å². The van der Waals surface area contributed by atoms with Crippen LogP contribution in [0.2, 0.25) is 0 Å². The Morgan fingerprint density at radius 1 is 1.30 bits per heavy atom. The van der Waals surface area contributed by atoms with E-state index < -0.39 is 0 Å². The van der Waals surface area contributed by atoms with Crippen LogP contribution in [0.4, 0.5) is 4.39 Å². The van der Waals surface area contributed by atoms with Crippen LogP contribution in [0.25, 0.3) is 11.3 Å². The SMILES string of the molecule is O=C(NCCN1CCOCC1)c1cc(-c2cccc(F)c2)no1. The van der Waals surface area contributed by atoms with Crippen LogP contribution in [0.15, 0.2) is 34.9 Å². The summed E-state index contributed by atoms with van der Waals surface area (Å²) >= 11 is 0. The van der Waals surface area contributed by atoms with E-state index in [0.29, 0.717) is 17.8 Å². The fourth-order valence-electron chi connectivity index (χ4n) is 2.41. The monoisotopic (exact) mass is 319 g/mol. The molecule has 3 rings (SSSR count).